The topological polar surface area (TPSA) is 121 Å². The average Bonchev–Trinajstić information content (AvgIpc) is 3.32. The molecular formula is C21H23N3O6. The van der Waals surface area contributed by atoms with Gasteiger partial charge >= 0.3 is 6.03 Å². The number of urea groups is 1. The van der Waals surface area contributed by atoms with E-state index in [1.807, 2.05) is 30.3 Å². The lowest BCUT2D eigenvalue weighted by molar-refractivity contribution is -0.126. The molecule has 0 radical (unpaired) electrons. The minimum absolute atomic E-state index is 0.191. The number of ether oxygens (including phenoxy) is 4. The molecule has 158 valence electrons. The van der Waals surface area contributed by atoms with E-state index >= 15 is 0 Å². The number of anilines is 1. The van der Waals surface area contributed by atoms with Crippen LogP contribution in [-0.4, -0.2) is 56.1 Å². The van der Waals surface area contributed by atoms with E-state index in [0.29, 0.717) is 18.0 Å². The van der Waals surface area contributed by atoms with Crippen molar-refractivity contribution in [2.24, 2.45) is 5.73 Å². The maximum atomic E-state index is 12.4. The summed E-state index contributed by atoms with van der Waals surface area (Å²) in [6.45, 7) is 0.386. The highest BCUT2D eigenvalue weighted by Gasteiger charge is 2.48. The molecule has 0 aromatic heterocycles. The quantitative estimate of drug-likeness (QED) is 0.635. The zero-order valence-electron chi connectivity index (χ0n) is 16.2. The van der Waals surface area contributed by atoms with Crippen LogP contribution in [0.5, 0.6) is 11.5 Å². The molecule has 9 heteroatoms. The number of hydrogen-bond acceptors (Lipinski definition) is 6. The predicted octanol–water partition coefficient (Wildman–Crippen LogP) is 1.64. The highest BCUT2D eigenvalue weighted by molar-refractivity contribution is 5.89. The van der Waals surface area contributed by atoms with Gasteiger partial charge in [-0.25, -0.2) is 4.79 Å². The van der Waals surface area contributed by atoms with E-state index in [-0.39, 0.29) is 43.6 Å². The van der Waals surface area contributed by atoms with Crippen molar-refractivity contribution in [1.82, 2.24) is 5.32 Å². The third kappa shape index (κ3) is 4.88. The van der Waals surface area contributed by atoms with Gasteiger partial charge in [0.15, 0.2) is 0 Å². The Bertz CT molecular complexity index is 876. The molecule has 0 spiro atoms. The first kappa shape index (κ1) is 20.1. The predicted molar refractivity (Wildman–Crippen MR) is 107 cm³/mol. The first-order chi connectivity index (χ1) is 14.6. The van der Waals surface area contributed by atoms with E-state index in [1.54, 1.807) is 24.3 Å². The van der Waals surface area contributed by atoms with Gasteiger partial charge in [-0.2, -0.15) is 0 Å². The summed E-state index contributed by atoms with van der Waals surface area (Å²) in [6, 6.07) is 15.8. The fraction of sp³-hybridized carbons (Fsp3) is 0.333. The van der Waals surface area contributed by atoms with Crippen molar-refractivity contribution >= 4 is 17.6 Å². The van der Waals surface area contributed by atoms with Gasteiger partial charge in [0.05, 0.1) is 19.3 Å². The van der Waals surface area contributed by atoms with Gasteiger partial charge in [-0.15, -0.1) is 0 Å². The lowest BCUT2D eigenvalue weighted by atomic mass is 10.1. The van der Waals surface area contributed by atoms with Crippen molar-refractivity contribution in [1.29, 1.82) is 0 Å². The molecule has 4 atom stereocenters. The Kier molecular flexibility index (Phi) is 6.12. The summed E-state index contributed by atoms with van der Waals surface area (Å²) in [5, 5.41) is 5.64. The number of carbonyl (C=O) groups is 2. The number of carbonyl (C=O) groups excluding carboxylic acids is 2. The molecule has 2 fully saturated rings. The van der Waals surface area contributed by atoms with E-state index in [2.05, 4.69) is 10.6 Å². The molecule has 30 heavy (non-hydrogen) atoms. The van der Waals surface area contributed by atoms with Crippen molar-refractivity contribution in [2.45, 2.75) is 24.4 Å². The van der Waals surface area contributed by atoms with Crippen molar-refractivity contribution in [3.8, 4) is 11.5 Å². The van der Waals surface area contributed by atoms with Crippen molar-refractivity contribution in [3.05, 3.63) is 54.6 Å². The van der Waals surface area contributed by atoms with Gasteiger partial charge in [0.25, 0.3) is 0 Å². The summed E-state index contributed by atoms with van der Waals surface area (Å²) in [5.41, 5.74) is 5.73. The second-order valence-electron chi connectivity index (χ2n) is 7.06. The smallest absolute Gasteiger partial charge is 0.319 e. The molecule has 2 aromatic rings. The average molecular weight is 413 g/mol. The monoisotopic (exact) mass is 413 g/mol. The Hall–Kier alpha value is -3.14. The number of benzene rings is 2. The van der Waals surface area contributed by atoms with Gasteiger partial charge in [0.2, 0.25) is 5.91 Å². The molecule has 2 saturated heterocycles. The zero-order chi connectivity index (χ0) is 20.9. The number of rotatable bonds is 7. The lowest BCUT2D eigenvalue weighted by Crippen LogP contribution is -2.46. The summed E-state index contributed by atoms with van der Waals surface area (Å²) in [6.07, 6.45) is -1.06. The highest BCUT2D eigenvalue weighted by atomic mass is 16.6. The zero-order valence-corrected chi connectivity index (χ0v) is 16.2. The largest absolute Gasteiger partial charge is 0.457 e. The van der Waals surface area contributed by atoms with Gasteiger partial charge in [-0.3, -0.25) is 4.79 Å². The van der Waals surface area contributed by atoms with Crippen LogP contribution in [0.25, 0.3) is 0 Å². The maximum Gasteiger partial charge on any atom is 0.319 e. The molecule has 9 nitrogen and oxygen atoms in total. The Balaban J connectivity index is 1.26. The summed E-state index contributed by atoms with van der Waals surface area (Å²) in [4.78, 5) is 23.3. The standard InChI is InChI=1S/C21H23N3O6/c22-18(25)12-27-17-11-29-19-16(10-28-20(17)19)24-21(26)23-13-6-8-15(9-7-13)30-14-4-2-1-3-5-14/h1-9,16-17,19-20H,10-12H2,(H2,22,25)(H2,23,24,26)/t16-,17-,19-,20+/m1/s1. The van der Waals surface area contributed by atoms with E-state index in [1.165, 1.54) is 0 Å². The highest BCUT2D eigenvalue weighted by Crippen LogP contribution is 2.29. The van der Waals surface area contributed by atoms with Crippen LogP contribution in [0.15, 0.2) is 54.6 Å². The second kappa shape index (κ2) is 9.12. The number of fused-ring (bicyclic) bond motifs is 1. The van der Waals surface area contributed by atoms with Gasteiger partial charge in [-0.05, 0) is 36.4 Å². The van der Waals surface area contributed by atoms with Crippen LogP contribution in [0.4, 0.5) is 10.5 Å². The second-order valence-corrected chi connectivity index (χ2v) is 7.06. The molecule has 2 aliphatic rings. The Morgan fingerprint density at radius 3 is 2.40 bits per heavy atom. The number of nitrogens with one attached hydrogen (secondary N) is 2. The molecule has 4 rings (SSSR count). The number of hydrogen-bond donors (Lipinski definition) is 3. The third-order valence-electron chi connectivity index (χ3n) is 4.86. The minimum atomic E-state index is -0.550. The van der Waals surface area contributed by atoms with E-state index in [0.717, 1.165) is 5.75 Å². The molecule has 0 unspecified atom stereocenters. The number of para-hydroxylation sites is 1. The molecule has 0 saturated carbocycles. The number of primary amides is 1. The lowest BCUT2D eigenvalue weighted by Gasteiger charge is -2.18. The van der Waals surface area contributed by atoms with E-state index in [9.17, 15) is 9.59 Å². The third-order valence-corrected chi connectivity index (χ3v) is 4.86. The summed E-state index contributed by atoms with van der Waals surface area (Å²) >= 11 is 0. The van der Waals surface area contributed by atoms with Gasteiger partial charge in [-0.1, -0.05) is 18.2 Å². The Morgan fingerprint density at radius 1 is 0.967 bits per heavy atom. The van der Waals surface area contributed by atoms with Gasteiger partial charge in [0, 0.05) is 5.69 Å². The van der Waals surface area contributed by atoms with Gasteiger partial charge in [0.1, 0.15) is 36.4 Å². The molecular weight excluding hydrogens is 390 g/mol. The van der Waals surface area contributed by atoms with Crippen molar-refractivity contribution < 1.29 is 28.5 Å². The van der Waals surface area contributed by atoms with Crippen LogP contribution in [0.3, 0.4) is 0 Å². The fourth-order valence-corrected chi connectivity index (χ4v) is 3.49. The maximum absolute atomic E-state index is 12.4. The number of nitrogens with two attached hydrogens (primary N) is 1. The first-order valence-electron chi connectivity index (χ1n) is 9.62. The van der Waals surface area contributed by atoms with Crippen LogP contribution < -0.4 is 21.1 Å². The summed E-state index contributed by atoms with van der Waals surface area (Å²) < 4.78 is 22.5. The SMILES string of the molecule is NC(=O)CO[C@@H]1CO[C@H]2[C@H]1OC[C@H]2NC(=O)Nc1ccc(Oc2ccccc2)cc1. The van der Waals surface area contributed by atoms with E-state index < -0.39 is 5.91 Å². The molecule has 3 amide bonds. The van der Waals surface area contributed by atoms with Crippen LogP contribution in [0.2, 0.25) is 0 Å². The van der Waals surface area contributed by atoms with Crippen LogP contribution in [0.1, 0.15) is 0 Å². The van der Waals surface area contributed by atoms with Crippen molar-refractivity contribution in [2.75, 3.05) is 25.1 Å². The molecule has 4 N–H and O–H groups in total. The Morgan fingerprint density at radius 2 is 1.67 bits per heavy atom. The first-order valence-corrected chi connectivity index (χ1v) is 9.62. The molecule has 2 heterocycles. The van der Waals surface area contributed by atoms with Crippen LogP contribution >= 0.6 is 0 Å². The van der Waals surface area contributed by atoms with Crippen LogP contribution in [0, 0.1) is 0 Å². The normalized spacial score (nSPS) is 24.8. The van der Waals surface area contributed by atoms with Crippen LogP contribution in [-0.2, 0) is 19.0 Å². The summed E-state index contributed by atoms with van der Waals surface area (Å²) in [7, 11) is 0. The van der Waals surface area contributed by atoms with Crippen molar-refractivity contribution in [3.63, 3.8) is 0 Å². The number of amides is 3. The summed E-state index contributed by atoms with van der Waals surface area (Å²) in [5.74, 6) is 0.854. The molecule has 0 bridgehead atoms. The molecule has 2 aromatic carbocycles. The molecule has 0 aliphatic carbocycles. The Labute approximate surface area is 173 Å². The molecule has 2 aliphatic heterocycles. The van der Waals surface area contributed by atoms with Gasteiger partial charge < -0.3 is 35.3 Å². The minimum Gasteiger partial charge on any atom is -0.457 e. The van der Waals surface area contributed by atoms with E-state index in [4.69, 9.17) is 24.7 Å². The fourth-order valence-electron chi connectivity index (χ4n) is 3.49.